The van der Waals surface area contributed by atoms with Crippen LogP contribution in [0.15, 0.2) is 0 Å². The van der Waals surface area contributed by atoms with Crippen molar-refractivity contribution in [1.29, 1.82) is 0 Å². The van der Waals surface area contributed by atoms with Gasteiger partial charge in [-0.25, -0.2) is 0 Å². The first kappa shape index (κ1) is 14.3. The Bertz CT molecular complexity index is 344. The average molecular weight is 281 g/mol. The fourth-order valence-electron chi connectivity index (χ4n) is 3.86. The highest BCUT2D eigenvalue weighted by atomic mass is 16.5. The van der Waals surface area contributed by atoms with Crippen molar-refractivity contribution >= 4 is 5.91 Å². The molecule has 3 rings (SSSR count). The molecule has 3 heterocycles. The molecule has 0 radical (unpaired) electrons. The monoisotopic (exact) mass is 281 g/mol. The Balaban J connectivity index is 1.48. The first-order chi connectivity index (χ1) is 9.74. The van der Waals surface area contributed by atoms with Crippen LogP contribution in [0.3, 0.4) is 0 Å². The van der Waals surface area contributed by atoms with Gasteiger partial charge in [-0.3, -0.25) is 4.79 Å². The number of amides is 1. The third-order valence-corrected chi connectivity index (χ3v) is 5.00. The van der Waals surface area contributed by atoms with Crippen LogP contribution < -0.4 is 5.32 Å². The predicted octanol–water partition coefficient (Wildman–Crippen LogP) is 0.450. The van der Waals surface area contributed by atoms with Gasteiger partial charge in [0.2, 0.25) is 5.91 Å². The summed E-state index contributed by atoms with van der Waals surface area (Å²) in [5, 5.41) is 3.57. The van der Waals surface area contributed by atoms with Gasteiger partial charge in [0.05, 0.1) is 19.3 Å². The molecule has 3 aliphatic rings. The lowest BCUT2D eigenvalue weighted by Gasteiger charge is -2.37. The van der Waals surface area contributed by atoms with Gasteiger partial charge in [-0.05, 0) is 45.7 Å². The first-order valence-electron chi connectivity index (χ1n) is 8.10. The molecular weight excluding hydrogens is 254 g/mol. The largest absolute Gasteiger partial charge is 0.378 e. The Kier molecular flexibility index (Phi) is 4.58. The molecule has 0 aromatic carbocycles. The van der Waals surface area contributed by atoms with Crippen LogP contribution in [-0.2, 0) is 9.53 Å². The van der Waals surface area contributed by atoms with E-state index in [0.29, 0.717) is 19.3 Å². The molecule has 3 fully saturated rings. The maximum Gasteiger partial charge on any atom is 0.239 e. The summed E-state index contributed by atoms with van der Waals surface area (Å²) >= 11 is 0. The lowest BCUT2D eigenvalue weighted by atomic mass is 9.97. The SMILES string of the molecule is CC(NC1CCN2CCCC2C1)C(=O)N1CCOCC1. The number of carbonyl (C=O) groups is 1. The summed E-state index contributed by atoms with van der Waals surface area (Å²) in [5.74, 6) is 0.238. The van der Waals surface area contributed by atoms with Crippen molar-refractivity contribution in [3.63, 3.8) is 0 Å². The Morgan fingerprint density at radius 2 is 2.00 bits per heavy atom. The Hall–Kier alpha value is -0.650. The maximum atomic E-state index is 12.4. The van der Waals surface area contributed by atoms with Gasteiger partial charge in [-0.15, -0.1) is 0 Å². The highest BCUT2D eigenvalue weighted by molar-refractivity contribution is 5.81. The zero-order valence-electron chi connectivity index (χ0n) is 12.5. The van der Waals surface area contributed by atoms with Gasteiger partial charge < -0.3 is 19.9 Å². The van der Waals surface area contributed by atoms with Crippen molar-refractivity contribution in [1.82, 2.24) is 15.1 Å². The van der Waals surface area contributed by atoms with Gasteiger partial charge >= 0.3 is 0 Å². The predicted molar refractivity (Wildman–Crippen MR) is 77.6 cm³/mol. The van der Waals surface area contributed by atoms with Crippen LogP contribution in [0.5, 0.6) is 0 Å². The number of nitrogens with zero attached hydrogens (tertiary/aromatic N) is 2. The second-order valence-electron chi connectivity index (χ2n) is 6.38. The number of ether oxygens (including phenoxy) is 1. The van der Waals surface area contributed by atoms with E-state index in [1.54, 1.807) is 0 Å². The number of hydrogen-bond acceptors (Lipinski definition) is 4. The molecule has 0 saturated carbocycles. The van der Waals surface area contributed by atoms with E-state index in [1.807, 2.05) is 11.8 Å². The van der Waals surface area contributed by atoms with E-state index in [-0.39, 0.29) is 11.9 Å². The van der Waals surface area contributed by atoms with Crippen LogP contribution in [-0.4, -0.2) is 73.2 Å². The zero-order valence-corrected chi connectivity index (χ0v) is 12.5. The number of morpholine rings is 1. The van der Waals surface area contributed by atoms with Gasteiger partial charge in [0.15, 0.2) is 0 Å². The van der Waals surface area contributed by atoms with E-state index in [2.05, 4.69) is 10.2 Å². The Morgan fingerprint density at radius 1 is 1.20 bits per heavy atom. The molecule has 3 saturated heterocycles. The number of fused-ring (bicyclic) bond motifs is 1. The van der Waals surface area contributed by atoms with E-state index in [9.17, 15) is 4.79 Å². The van der Waals surface area contributed by atoms with Crippen molar-refractivity contribution < 1.29 is 9.53 Å². The van der Waals surface area contributed by atoms with Crippen LogP contribution >= 0.6 is 0 Å². The van der Waals surface area contributed by atoms with Gasteiger partial charge in [0.25, 0.3) is 0 Å². The lowest BCUT2D eigenvalue weighted by Crippen LogP contribution is -2.54. The van der Waals surface area contributed by atoms with Gasteiger partial charge in [-0.2, -0.15) is 0 Å². The van der Waals surface area contributed by atoms with E-state index in [4.69, 9.17) is 4.74 Å². The molecule has 114 valence electrons. The number of piperidine rings is 1. The molecule has 0 bridgehead atoms. The molecule has 3 unspecified atom stereocenters. The molecule has 1 N–H and O–H groups in total. The van der Waals surface area contributed by atoms with Crippen molar-refractivity contribution in [2.24, 2.45) is 0 Å². The maximum absolute atomic E-state index is 12.4. The minimum absolute atomic E-state index is 0.0638. The molecule has 3 aliphatic heterocycles. The van der Waals surface area contributed by atoms with Crippen molar-refractivity contribution in [2.75, 3.05) is 39.4 Å². The molecule has 0 spiro atoms. The minimum Gasteiger partial charge on any atom is -0.378 e. The average Bonchev–Trinajstić information content (AvgIpc) is 2.95. The van der Waals surface area contributed by atoms with Gasteiger partial charge in [0, 0.05) is 25.2 Å². The number of rotatable bonds is 3. The summed E-state index contributed by atoms with van der Waals surface area (Å²) in [4.78, 5) is 17.0. The van der Waals surface area contributed by atoms with Crippen LogP contribution in [0.25, 0.3) is 0 Å². The minimum atomic E-state index is -0.0638. The zero-order chi connectivity index (χ0) is 13.9. The molecule has 0 aliphatic carbocycles. The molecule has 20 heavy (non-hydrogen) atoms. The van der Waals surface area contributed by atoms with Crippen molar-refractivity contribution in [3.05, 3.63) is 0 Å². The van der Waals surface area contributed by atoms with Crippen LogP contribution in [0.2, 0.25) is 0 Å². The van der Waals surface area contributed by atoms with E-state index >= 15 is 0 Å². The standard InChI is InChI=1S/C15H27N3O2/c1-12(15(19)18-7-9-20-10-8-18)16-13-4-6-17-5-2-3-14(17)11-13/h12-14,16H,2-11H2,1H3. The number of carbonyl (C=O) groups excluding carboxylic acids is 1. The summed E-state index contributed by atoms with van der Waals surface area (Å²) in [5.41, 5.74) is 0. The Labute approximate surface area is 121 Å². The van der Waals surface area contributed by atoms with Crippen LogP contribution in [0.4, 0.5) is 0 Å². The smallest absolute Gasteiger partial charge is 0.239 e. The lowest BCUT2D eigenvalue weighted by molar-refractivity contribution is -0.137. The highest BCUT2D eigenvalue weighted by Gasteiger charge is 2.33. The van der Waals surface area contributed by atoms with Crippen molar-refractivity contribution in [2.45, 2.75) is 50.7 Å². The molecule has 0 aromatic rings. The fraction of sp³-hybridized carbons (Fsp3) is 0.933. The quantitative estimate of drug-likeness (QED) is 0.816. The molecule has 1 amide bonds. The summed E-state index contributed by atoms with van der Waals surface area (Å²) < 4.78 is 5.31. The third-order valence-electron chi connectivity index (χ3n) is 5.00. The number of hydrogen-bond donors (Lipinski definition) is 1. The summed E-state index contributed by atoms with van der Waals surface area (Å²) in [6.45, 7) is 7.33. The summed E-state index contributed by atoms with van der Waals surface area (Å²) in [7, 11) is 0. The van der Waals surface area contributed by atoms with E-state index in [1.165, 1.54) is 38.8 Å². The second kappa shape index (κ2) is 6.41. The van der Waals surface area contributed by atoms with Crippen molar-refractivity contribution in [3.8, 4) is 0 Å². The molecule has 3 atom stereocenters. The van der Waals surface area contributed by atoms with Crippen LogP contribution in [0, 0.1) is 0 Å². The molecular formula is C15H27N3O2. The van der Waals surface area contributed by atoms with Gasteiger partial charge in [0.1, 0.15) is 0 Å². The van der Waals surface area contributed by atoms with Gasteiger partial charge in [-0.1, -0.05) is 0 Å². The number of nitrogens with one attached hydrogen (secondary N) is 1. The Morgan fingerprint density at radius 3 is 2.80 bits per heavy atom. The highest BCUT2D eigenvalue weighted by Crippen LogP contribution is 2.27. The summed E-state index contributed by atoms with van der Waals surface area (Å²) in [6, 6.07) is 1.20. The second-order valence-corrected chi connectivity index (χ2v) is 6.38. The molecule has 0 aromatic heterocycles. The molecule has 5 nitrogen and oxygen atoms in total. The third kappa shape index (κ3) is 3.15. The molecule has 5 heteroatoms. The van der Waals surface area contributed by atoms with E-state index < -0.39 is 0 Å². The summed E-state index contributed by atoms with van der Waals surface area (Å²) in [6.07, 6.45) is 5.07. The van der Waals surface area contributed by atoms with Crippen LogP contribution in [0.1, 0.15) is 32.6 Å². The topological polar surface area (TPSA) is 44.8 Å². The fourth-order valence-corrected chi connectivity index (χ4v) is 3.86. The first-order valence-corrected chi connectivity index (χ1v) is 8.10. The van der Waals surface area contributed by atoms with E-state index in [0.717, 1.165) is 19.1 Å². The normalized spacial score (nSPS) is 33.0.